The maximum absolute atomic E-state index is 13.2. The molecule has 0 spiro atoms. The number of carbonyl (C=O) groups is 2. The topological polar surface area (TPSA) is 118 Å². The van der Waals surface area contributed by atoms with E-state index in [1.165, 1.54) is 12.8 Å². The number of hydroxylamine groups is 1. The minimum Gasteiger partial charge on any atom is -0.493 e. The molecule has 2 aromatic carbocycles. The van der Waals surface area contributed by atoms with Gasteiger partial charge in [-0.3, -0.25) is 14.8 Å². The van der Waals surface area contributed by atoms with Gasteiger partial charge in [0.05, 0.1) is 13.2 Å². The number of benzene rings is 2. The molecule has 1 aliphatic carbocycles. The Morgan fingerprint density at radius 2 is 1.77 bits per heavy atom. The maximum Gasteiger partial charge on any atom is 0.257 e. The first-order valence-corrected chi connectivity index (χ1v) is 12.0. The number of aromatic nitrogens is 2. The lowest BCUT2D eigenvalue weighted by Crippen LogP contribution is -2.30. The van der Waals surface area contributed by atoms with E-state index in [4.69, 9.17) is 14.5 Å². The van der Waals surface area contributed by atoms with Crippen molar-refractivity contribution in [2.45, 2.75) is 51.5 Å². The number of anilines is 1. The number of nitrogens with zero attached hydrogens (tertiary/aromatic N) is 3. The van der Waals surface area contributed by atoms with Crippen LogP contribution in [-0.4, -0.2) is 33.8 Å². The normalized spacial score (nSPS) is 12.8. The lowest BCUT2D eigenvalue weighted by Gasteiger charge is -2.22. The Morgan fingerprint density at radius 1 is 1.03 bits per heavy atom. The summed E-state index contributed by atoms with van der Waals surface area (Å²) in [6.45, 7) is 0.895. The van der Waals surface area contributed by atoms with E-state index in [0.717, 1.165) is 23.6 Å². The second kappa shape index (κ2) is 12.1. The summed E-state index contributed by atoms with van der Waals surface area (Å²) in [7, 11) is 0. The van der Waals surface area contributed by atoms with Crippen molar-refractivity contribution in [3.8, 4) is 17.2 Å². The van der Waals surface area contributed by atoms with Gasteiger partial charge in [-0.2, -0.15) is 4.98 Å². The molecule has 0 bridgehead atoms. The van der Waals surface area contributed by atoms with Gasteiger partial charge in [-0.1, -0.05) is 29.8 Å². The number of amides is 2. The van der Waals surface area contributed by atoms with Gasteiger partial charge in [0.15, 0.2) is 5.82 Å². The lowest BCUT2D eigenvalue weighted by atomic mass is 10.1. The third kappa shape index (κ3) is 7.38. The first-order chi connectivity index (χ1) is 17.1. The third-order valence-electron chi connectivity index (χ3n) is 5.84. The molecule has 4 rings (SSSR count). The molecule has 1 aliphatic rings. The van der Waals surface area contributed by atoms with E-state index < -0.39 is 5.91 Å². The Labute approximate surface area is 204 Å². The number of unbranched alkanes of at least 4 members (excludes halogenated alkanes) is 2. The van der Waals surface area contributed by atoms with E-state index in [0.29, 0.717) is 43.3 Å². The summed E-state index contributed by atoms with van der Waals surface area (Å²) in [5.41, 5.74) is 3.16. The van der Waals surface area contributed by atoms with Crippen molar-refractivity contribution in [1.82, 2.24) is 15.6 Å². The molecule has 2 N–H and O–H groups in total. The monoisotopic (exact) mass is 478 g/mol. The molecule has 0 aliphatic heterocycles. The van der Waals surface area contributed by atoms with Crippen LogP contribution < -0.4 is 15.1 Å². The zero-order valence-electron chi connectivity index (χ0n) is 19.6. The predicted octanol–water partition coefficient (Wildman–Crippen LogP) is 4.51. The van der Waals surface area contributed by atoms with Crippen LogP contribution in [0.4, 0.5) is 5.69 Å². The van der Waals surface area contributed by atoms with Gasteiger partial charge >= 0.3 is 0 Å². The van der Waals surface area contributed by atoms with E-state index in [-0.39, 0.29) is 18.9 Å². The van der Waals surface area contributed by atoms with E-state index >= 15 is 0 Å². The van der Waals surface area contributed by atoms with Crippen molar-refractivity contribution in [2.24, 2.45) is 5.92 Å². The number of nitrogens with one attached hydrogen (secondary N) is 1. The minimum atomic E-state index is -0.423. The quantitative estimate of drug-likeness (QED) is 0.211. The Hall–Kier alpha value is -3.72. The third-order valence-corrected chi connectivity index (χ3v) is 5.84. The summed E-state index contributed by atoms with van der Waals surface area (Å²) < 4.78 is 11.2. The molecular formula is C26H30N4O5. The van der Waals surface area contributed by atoms with Crippen LogP contribution in [0.3, 0.4) is 0 Å². The van der Waals surface area contributed by atoms with Crippen molar-refractivity contribution in [1.29, 1.82) is 0 Å². The number of rotatable bonds is 13. The summed E-state index contributed by atoms with van der Waals surface area (Å²) in [6.07, 6.45) is 4.89. The van der Waals surface area contributed by atoms with E-state index in [1.807, 2.05) is 54.6 Å². The molecule has 9 nitrogen and oxygen atoms in total. The minimum absolute atomic E-state index is 0.0747. The lowest BCUT2D eigenvalue weighted by molar-refractivity contribution is -0.129. The molecule has 9 heteroatoms. The summed E-state index contributed by atoms with van der Waals surface area (Å²) in [4.78, 5) is 30.4. The average Bonchev–Trinajstić information content (AvgIpc) is 3.61. The zero-order chi connectivity index (χ0) is 24.5. The van der Waals surface area contributed by atoms with Crippen LogP contribution in [0.25, 0.3) is 11.5 Å². The van der Waals surface area contributed by atoms with Gasteiger partial charge in [0.2, 0.25) is 11.8 Å². The van der Waals surface area contributed by atoms with Crippen molar-refractivity contribution in [3.05, 3.63) is 60.4 Å². The highest BCUT2D eigenvalue weighted by molar-refractivity contribution is 5.93. The standard InChI is InChI=1S/C26H30N4O5/c31-24(28-33)9-5-2-6-10-25(32)30(21-13-15-22(16-14-21)34-18-19-11-12-19)17-23-27-26(35-29-23)20-7-3-1-4-8-20/h1,3-4,7-8,13-16,19,33H,2,5-6,9-12,17-18H2,(H,28,31). The van der Waals surface area contributed by atoms with Gasteiger partial charge in [0.1, 0.15) is 5.75 Å². The number of hydrogen-bond donors (Lipinski definition) is 2. The molecule has 0 atom stereocenters. The fraction of sp³-hybridized carbons (Fsp3) is 0.385. The smallest absolute Gasteiger partial charge is 0.257 e. The van der Waals surface area contributed by atoms with Gasteiger partial charge in [-0.05, 0) is 68.0 Å². The first-order valence-electron chi connectivity index (χ1n) is 12.0. The molecule has 1 heterocycles. The summed E-state index contributed by atoms with van der Waals surface area (Å²) >= 11 is 0. The molecule has 184 valence electrons. The maximum atomic E-state index is 13.2. The Morgan fingerprint density at radius 3 is 2.49 bits per heavy atom. The highest BCUT2D eigenvalue weighted by Crippen LogP contribution is 2.30. The highest BCUT2D eigenvalue weighted by atomic mass is 16.5. The van der Waals surface area contributed by atoms with E-state index in [9.17, 15) is 9.59 Å². The second-order valence-corrected chi connectivity index (χ2v) is 8.71. The summed E-state index contributed by atoms with van der Waals surface area (Å²) in [6, 6.07) is 16.9. The van der Waals surface area contributed by atoms with Crippen LogP contribution in [0.15, 0.2) is 59.1 Å². The Kier molecular flexibility index (Phi) is 8.45. The van der Waals surface area contributed by atoms with Gasteiger partial charge < -0.3 is 14.2 Å². The summed E-state index contributed by atoms with van der Waals surface area (Å²) in [5, 5.41) is 12.7. The van der Waals surface area contributed by atoms with Crippen LogP contribution in [0.1, 0.15) is 50.8 Å². The zero-order valence-corrected chi connectivity index (χ0v) is 19.6. The molecule has 1 saturated carbocycles. The number of hydrogen-bond acceptors (Lipinski definition) is 7. The van der Waals surface area contributed by atoms with Crippen molar-refractivity contribution >= 4 is 17.5 Å². The molecule has 3 aromatic rings. The molecule has 1 aromatic heterocycles. The number of carbonyl (C=O) groups excluding carboxylic acids is 2. The van der Waals surface area contributed by atoms with Crippen molar-refractivity contribution in [2.75, 3.05) is 11.5 Å². The molecule has 0 saturated heterocycles. The van der Waals surface area contributed by atoms with Gasteiger partial charge in [-0.25, -0.2) is 5.48 Å². The second-order valence-electron chi connectivity index (χ2n) is 8.71. The molecule has 1 fully saturated rings. The van der Waals surface area contributed by atoms with Crippen molar-refractivity contribution < 1.29 is 24.1 Å². The van der Waals surface area contributed by atoms with Gasteiger partial charge in [0, 0.05) is 24.1 Å². The van der Waals surface area contributed by atoms with E-state index in [1.54, 1.807) is 10.4 Å². The molecule has 35 heavy (non-hydrogen) atoms. The van der Waals surface area contributed by atoms with Crippen LogP contribution in [-0.2, 0) is 16.1 Å². The van der Waals surface area contributed by atoms with Crippen LogP contribution >= 0.6 is 0 Å². The summed E-state index contributed by atoms with van der Waals surface area (Å²) in [5.74, 6) is 1.75. The number of ether oxygens (including phenoxy) is 1. The molecule has 0 unspecified atom stereocenters. The fourth-order valence-corrected chi connectivity index (χ4v) is 3.63. The Balaban J connectivity index is 1.42. The van der Waals surface area contributed by atoms with Gasteiger partial charge in [-0.15, -0.1) is 0 Å². The molecule has 2 amide bonds. The van der Waals surface area contributed by atoms with E-state index in [2.05, 4.69) is 10.1 Å². The van der Waals surface area contributed by atoms with Crippen LogP contribution in [0.2, 0.25) is 0 Å². The average molecular weight is 479 g/mol. The van der Waals surface area contributed by atoms with Crippen LogP contribution in [0.5, 0.6) is 5.75 Å². The first kappa shape index (κ1) is 24.4. The molecular weight excluding hydrogens is 448 g/mol. The predicted molar refractivity (Wildman–Crippen MR) is 129 cm³/mol. The van der Waals surface area contributed by atoms with Gasteiger partial charge in [0.25, 0.3) is 5.89 Å². The van der Waals surface area contributed by atoms with Crippen LogP contribution in [0, 0.1) is 5.92 Å². The molecule has 0 radical (unpaired) electrons. The SMILES string of the molecule is O=C(CCCCCC(=O)N(Cc1noc(-c2ccccc2)n1)c1ccc(OCC2CC2)cc1)NO. The Bertz CT molecular complexity index is 1100. The highest BCUT2D eigenvalue weighted by Gasteiger charge is 2.22. The fourth-order valence-electron chi connectivity index (χ4n) is 3.63. The van der Waals surface area contributed by atoms with Crippen molar-refractivity contribution in [3.63, 3.8) is 0 Å². The largest absolute Gasteiger partial charge is 0.493 e.